The van der Waals surface area contributed by atoms with Crippen LogP contribution in [0.15, 0.2) is 18.2 Å². The van der Waals surface area contributed by atoms with Crippen LogP contribution < -0.4 is 5.32 Å². The van der Waals surface area contributed by atoms with Crippen LogP contribution in [0.25, 0.3) is 0 Å². The van der Waals surface area contributed by atoms with Crippen molar-refractivity contribution >= 4 is 17.6 Å². The molecule has 0 aliphatic rings. The van der Waals surface area contributed by atoms with E-state index in [-0.39, 0.29) is 12.1 Å². The third-order valence-electron chi connectivity index (χ3n) is 2.93. The Labute approximate surface area is 119 Å². The fourth-order valence-electron chi connectivity index (χ4n) is 1.63. The molecule has 0 saturated heterocycles. The van der Waals surface area contributed by atoms with Crippen molar-refractivity contribution in [3.8, 4) is 0 Å². The lowest BCUT2D eigenvalue weighted by atomic mass is 10.1. The van der Waals surface area contributed by atoms with Gasteiger partial charge in [0.2, 0.25) is 5.82 Å². The first-order chi connectivity index (χ1) is 9.82. The summed E-state index contributed by atoms with van der Waals surface area (Å²) >= 11 is 0. The average molecular weight is 298 g/mol. The summed E-state index contributed by atoms with van der Waals surface area (Å²) in [5.74, 6) is -2.99. The molecular weight excluding hydrogens is 283 g/mol. The smallest absolute Gasteiger partial charge is 0.306 e. The fourth-order valence-corrected chi connectivity index (χ4v) is 1.63. The van der Waals surface area contributed by atoms with Gasteiger partial charge >= 0.3 is 11.7 Å². The van der Waals surface area contributed by atoms with Gasteiger partial charge in [0.05, 0.1) is 10.8 Å². The molecule has 0 saturated carbocycles. The Bertz CT molecular complexity index is 561. The monoisotopic (exact) mass is 298 g/mol. The first-order valence-corrected chi connectivity index (χ1v) is 6.28. The zero-order chi connectivity index (χ0) is 16.0. The van der Waals surface area contributed by atoms with Crippen LogP contribution in [0.1, 0.15) is 30.1 Å². The summed E-state index contributed by atoms with van der Waals surface area (Å²) in [4.78, 5) is 32.0. The highest BCUT2D eigenvalue weighted by molar-refractivity contribution is 5.94. The second kappa shape index (κ2) is 7.32. The van der Waals surface area contributed by atoms with Gasteiger partial charge in [-0.05, 0) is 25.0 Å². The first-order valence-electron chi connectivity index (χ1n) is 6.28. The molecule has 1 aromatic rings. The number of amides is 1. The molecule has 21 heavy (non-hydrogen) atoms. The fraction of sp³-hybridized carbons (Fsp3) is 0.385. The van der Waals surface area contributed by atoms with Crippen LogP contribution in [0, 0.1) is 21.8 Å². The van der Waals surface area contributed by atoms with Crippen molar-refractivity contribution in [2.75, 3.05) is 6.54 Å². The number of nitrogens with zero attached hydrogens (tertiary/aromatic N) is 1. The summed E-state index contributed by atoms with van der Waals surface area (Å²) in [5, 5.41) is 21.8. The average Bonchev–Trinajstić information content (AvgIpc) is 2.43. The number of nitrogens with one attached hydrogen (secondary N) is 1. The van der Waals surface area contributed by atoms with Crippen LogP contribution in [0.2, 0.25) is 0 Å². The van der Waals surface area contributed by atoms with Crippen molar-refractivity contribution in [2.24, 2.45) is 5.92 Å². The highest BCUT2D eigenvalue weighted by Gasteiger charge is 2.17. The molecule has 0 bridgehead atoms. The molecule has 7 nitrogen and oxygen atoms in total. The Balaban J connectivity index is 2.55. The summed E-state index contributed by atoms with van der Waals surface area (Å²) < 4.78 is 13.1. The number of nitro groups is 1. The highest BCUT2D eigenvalue weighted by Crippen LogP contribution is 2.18. The van der Waals surface area contributed by atoms with Gasteiger partial charge in [-0.25, -0.2) is 0 Å². The van der Waals surface area contributed by atoms with Crippen LogP contribution in [-0.2, 0) is 4.79 Å². The quantitative estimate of drug-likeness (QED) is 0.454. The summed E-state index contributed by atoms with van der Waals surface area (Å²) in [6.45, 7) is 1.80. The molecule has 0 heterocycles. The molecule has 0 fully saturated rings. The molecule has 2 N–H and O–H groups in total. The molecule has 0 radical (unpaired) electrons. The van der Waals surface area contributed by atoms with E-state index in [1.54, 1.807) is 6.92 Å². The molecule has 1 rings (SSSR count). The molecule has 114 valence electrons. The molecule has 1 amide bonds. The maximum absolute atomic E-state index is 13.1. The van der Waals surface area contributed by atoms with E-state index in [0.29, 0.717) is 12.8 Å². The van der Waals surface area contributed by atoms with Gasteiger partial charge in [0.1, 0.15) is 0 Å². The predicted octanol–water partition coefficient (Wildman–Crippen LogP) is 1.96. The zero-order valence-electron chi connectivity index (χ0n) is 11.3. The maximum atomic E-state index is 13.1. The molecule has 0 aromatic heterocycles. The number of nitro benzene ring substituents is 1. The van der Waals surface area contributed by atoms with Crippen LogP contribution in [0.5, 0.6) is 0 Å². The summed E-state index contributed by atoms with van der Waals surface area (Å²) in [5.41, 5.74) is -0.781. The lowest BCUT2D eigenvalue weighted by Crippen LogP contribution is -2.25. The van der Waals surface area contributed by atoms with Gasteiger partial charge in [-0.3, -0.25) is 19.7 Å². The lowest BCUT2D eigenvalue weighted by Gasteiger charge is -2.07. The largest absolute Gasteiger partial charge is 0.481 e. The first kappa shape index (κ1) is 16.5. The highest BCUT2D eigenvalue weighted by atomic mass is 19.1. The van der Waals surface area contributed by atoms with Crippen molar-refractivity contribution in [1.82, 2.24) is 5.32 Å². The SMILES string of the molecule is CC(CCCNC(=O)c1ccc(F)c([N+](=O)[O-])c1)C(=O)O. The Kier molecular flexibility index (Phi) is 5.77. The van der Waals surface area contributed by atoms with E-state index in [0.717, 1.165) is 18.2 Å². The number of carbonyl (C=O) groups excluding carboxylic acids is 1. The summed E-state index contributed by atoms with van der Waals surface area (Å²) in [6.07, 6.45) is 0.863. The second-order valence-electron chi connectivity index (χ2n) is 4.56. The van der Waals surface area contributed by atoms with E-state index < -0.39 is 34.2 Å². The third kappa shape index (κ3) is 4.83. The van der Waals surface area contributed by atoms with E-state index in [1.165, 1.54) is 0 Å². The molecule has 1 atom stereocenters. The number of carboxylic acid groups (broad SMARTS) is 1. The van der Waals surface area contributed by atoms with Gasteiger partial charge in [0, 0.05) is 18.2 Å². The Morgan fingerprint density at radius 2 is 2.14 bits per heavy atom. The number of halogens is 1. The molecule has 8 heteroatoms. The van der Waals surface area contributed by atoms with E-state index in [4.69, 9.17) is 5.11 Å². The van der Waals surface area contributed by atoms with Crippen molar-refractivity contribution in [1.29, 1.82) is 0 Å². The number of hydrogen-bond acceptors (Lipinski definition) is 4. The Hall–Kier alpha value is -2.51. The van der Waals surface area contributed by atoms with Crippen molar-refractivity contribution in [3.63, 3.8) is 0 Å². The van der Waals surface area contributed by atoms with Gasteiger partial charge in [-0.2, -0.15) is 4.39 Å². The van der Waals surface area contributed by atoms with E-state index >= 15 is 0 Å². The topological polar surface area (TPSA) is 110 Å². The minimum Gasteiger partial charge on any atom is -0.481 e. The van der Waals surface area contributed by atoms with Crippen LogP contribution >= 0.6 is 0 Å². The van der Waals surface area contributed by atoms with Gasteiger partial charge in [0.15, 0.2) is 0 Å². The molecule has 0 aliphatic heterocycles. The van der Waals surface area contributed by atoms with Crippen molar-refractivity contribution < 1.29 is 24.0 Å². The van der Waals surface area contributed by atoms with Crippen LogP contribution in [-0.4, -0.2) is 28.5 Å². The minimum absolute atomic E-state index is 0.0191. The third-order valence-corrected chi connectivity index (χ3v) is 2.93. The Morgan fingerprint density at radius 3 is 2.71 bits per heavy atom. The van der Waals surface area contributed by atoms with Gasteiger partial charge in [0.25, 0.3) is 5.91 Å². The van der Waals surface area contributed by atoms with Crippen LogP contribution in [0.3, 0.4) is 0 Å². The maximum Gasteiger partial charge on any atom is 0.306 e. The molecule has 0 aliphatic carbocycles. The molecule has 1 aromatic carbocycles. The predicted molar refractivity (Wildman–Crippen MR) is 71.4 cm³/mol. The zero-order valence-corrected chi connectivity index (χ0v) is 11.3. The summed E-state index contributed by atoms with van der Waals surface area (Å²) in [6, 6.07) is 2.88. The van der Waals surface area contributed by atoms with Crippen molar-refractivity contribution in [2.45, 2.75) is 19.8 Å². The molecule has 0 spiro atoms. The van der Waals surface area contributed by atoms with E-state index in [2.05, 4.69) is 5.32 Å². The Morgan fingerprint density at radius 1 is 1.48 bits per heavy atom. The van der Waals surface area contributed by atoms with Gasteiger partial charge < -0.3 is 10.4 Å². The number of carbonyl (C=O) groups is 2. The second-order valence-corrected chi connectivity index (χ2v) is 4.56. The van der Waals surface area contributed by atoms with E-state index in [1.807, 2.05) is 0 Å². The standard InChI is InChI=1S/C13H15FN2O5/c1-8(13(18)19)3-2-6-15-12(17)9-4-5-10(14)11(7-9)16(20)21/h4-5,7-8H,2-3,6H2,1H3,(H,15,17)(H,18,19). The normalized spacial score (nSPS) is 11.7. The number of benzene rings is 1. The van der Waals surface area contributed by atoms with Crippen molar-refractivity contribution in [3.05, 3.63) is 39.7 Å². The number of rotatable bonds is 7. The number of aliphatic carboxylic acids is 1. The van der Waals surface area contributed by atoms with Gasteiger partial charge in [-0.15, -0.1) is 0 Å². The number of hydrogen-bond donors (Lipinski definition) is 2. The van der Waals surface area contributed by atoms with Crippen LogP contribution in [0.4, 0.5) is 10.1 Å². The summed E-state index contributed by atoms with van der Waals surface area (Å²) in [7, 11) is 0. The lowest BCUT2D eigenvalue weighted by molar-refractivity contribution is -0.387. The molecular formula is C13H15FN2O5. The van der Waals surface area contributed by atoms with Gasteiger partial charge in [-0.1, -0.05) is 6.92 Å². The number of carboxylic acids is 1. The minimum atomic E-state index is -1.01. The van der Waals surface area contributed by atoms with E-state index in [9.17, 15) is 24.1 Å². The molecule has 1 unspecified atom stereocenters.